The van der Waals surface area contributed by atoms with Gasteiger partial charge in [0.2, 0.25) is 0 Å². The van der Waals surface area contributed by atoms with E-state index in [4.69, 9.17) is 0 Å². The van der Waals surface area contributed by atoms with E-state index in [-0.39, 0.29) is 24.7 Å². The molecule has 4 N–H and O–H groups in total. The molecule has 0 unspecified atom stereocenters. The van der Waals surface area contributed by atoms with Crippen molar-refractivity contribution < 1.29 is 19.5 Å². The summed E-state index contributed by atoms with van der Waals surface area (Å²) in [5.74, 6) is 4.11. The van der Waals surface area contributed by atoms with Crippen molar-refractivity contribution in [3.8, 4) is 11.8 Å². The molecule has 1 aromatic heterocycles. The number of carboxylic acids is 1. The van der Waals surface area contributed by atoms with E-state index in [1.165, 1.54) is 0 Å². The lowest BCUT2D eigenvalue weighted by Crippen LogP contribution is -2.42. The number of carbonyl (C=O) groups is 3. The van der Waals surface area contributed by atoms with Crippen molar-refractivity contribution >= 4 is 39.5 Å². The number of aliphatic carboxylic acids is 1. The average molecular weight is 552 g/mol. The second kappa shape index (κ2) is 12.0. The molecule has 0 spiro atoms. The zero-order valence-electron chi connectivity index (χ0n) is 20.1. The quantitative estimate of drug-likeness (QED) is 0.335. The van der Waals surface area contributed by atoms with Crippen LogP contribution in [-0.4, -0.2) is 45.4 Å². The molecular formula is C26H26BrN5O4. The first kappa shape index (κ1) is 26.5. The normalized spacial score (nSPS) is 11.1. The van der Waals surface area contributed by atoms with Crippen molar-refractivity contribution in [2.24, 2.45) is 7.05 Å². The molecule has 36 heavy (non-hydrogen) atoms. The highest BCUT2D eigenvalue weighted by Gasteiger charge is 2.25. The molecule has 9 nitrogen and oxygen atoms in total. The summed E-state index contributed by atoms with van der Waals surface area (Å²) in [6.45, 7) is 3.93. The maximum absolute atomic E-state index is 12.6. The largest absolute Gasteiger partial charge is 0.480 e. The van der Waals surface area contributed by atoms with Gasteiger partial charge in [-0.15, -0.1) is 0 Å². The van der Waals surface area contributed by atoms with Crippen LogP contribution in [-0.2, 0) is 18.3 Å². The summed E-state index contributed by atoms with van der Waals surface area (Å²) >= 11 is 3.32. The molecule has 0 saturated heterocycles. The van der Waals surface area contributed by atoms with E-state index in [0.717, 1.165) is 16.8 Å². The van der Waals surface area contributed by atoms with Crippen LogP contribution in [0.5, 0.6) is 0 Å². The summed E-state index contributed by atoms with van der Waals surface area (Å²) in [6, 6.07) is 13.0. The van der Waals surface area contributed by atoms with Gasteiger partial charge < -0.3 is 21.1 Å². The van der Waals surface area contributed by atoms with Crippen LogP contribution in [0.2, 0.25) is 0 Å². The molecule has 0 fully saturated rings. The fourth-order valence-corrected chi connectivity index (χ4v) is 3.71. The van der Waals surface area contributed by atoms with Crippen molar-refractivity contribution in [2.45, 2.75) is 26.3 Å². The van der Waals surface area contributed by atoms with E-state index < -0.39 is 17.9 Å². The molecule has 186 valence electrons. The number of urea groups is 1. The number of carboxylic acid groups (broad SMARTS) is 1. The zero-order valence-corrected chi connectivity index (χ0v) is 21.6. The third-order valence-corrected chi connectivity index (χ3v) is 6.30. The highest BCUT2D eigenvalue weighted by Crippen LogP contribution is 2.20. The van der Waals surface area contributed by atoms with Crippen LogP contribution in [0.3, 0.4) is 0 Å². The number of benzene rings is 2. The van der Waals surface area contributed by atoms with Gasteiger partial charge in [0.25, 0.3) is 5.91 Å². The predicted molar refractivity (Wildman–Crippen MR) is 140 cm³/mol. The number of halogens is 1. The number of carbonyl (C=O) groups excluding carboxylic acids is 2. The summed E-state index contributed by atoms with van der Waals surface area (Å²) in [6.07, 6.45) is 0.0962. The number of anilines is 1. The van der Waals surface area contributed by atoms with Crippen LogP contribution in [0.25, 0.3) is 0 Å². The van der Waals surface area contributed by atoms with Crippen LogP contribution in [0.15, 0.2) is 53.0 Å². The van der Waals surface area contributed by atoms with E-state index in [2.05, 4.69) is 48.8 Å². The molecule has 10 heteroatoms. The Morgan fingerprint density at radius 2 is 1.75 bits per heavy atom. The molecule has 3 amide bonds. The van der Waals surface area contributed by atoms with Gasteiger partial charge in [0.1, 0.15) is 6.04 Å². The van der Waals surface area contributed by atoms with Gasteiger partial charge in [-0.25, -0.2) is 9.59 Å². The number of aryl methyl sites for hydroxylation is 2. The molecule has 0 aliphatic heterocycles. The van der Waals surface area contributed by atoms with Crippen molar-refractivity contribution in [1.29, 1.82) is 0 Å². The van der Waals surface area contributed by atoms with E-state index in [0.29, 0.717) is 15.7 Å². The van der Waals surface area contributed by atoms with Crippen molar-refractivity contribution in [3.63, 3.8) is 0 Å². The Balaban J connectivity index is 1.53. The molecule has 1 heterocycles. The van der Waals surface area contributed by atoms with Crippen LogP contribution in [0, 0.1) is 25.7 Å². The highest BCUT2D eigenvalue weighted by atomic mass is 79.9. The first-order valence-electron chi connectivity index (χ1n) is 11.1. The summed E-state index contributed by atoms with van der Waals surface area (Å²) in [5, 5.41) is 21.7. The zero-order chi connectivity index (χ0) is 26.2. The SMILES string of the molecule is Cc1ccc(NC(=O)NCC#Cc2ccc(C[C@@H](NC(=O)c3nn(C)c(C)c3Br)C(=O)O)cc2)cc1. The van der Waals surface area contributed by atoms with Crippen molar-refractivity contribution in [2.75, 3.05) is 11.9 Å². The first-order valence-corrected chi connectivity index (χ1v) is 11.9. The van der Waals surface area contributed by atoms with Gasteiger partial charge in [0.15, 0.2) is 5.69 Å². The molecule has 0 radical (unpaired) electrons. The number of hydrogen-bond acceptors (Lipinski definition) is 4. The smallest absolute Gasteiger partial charge is 0.326 e. The lowest BCUT2D eigenvalue weighted by atomic mass is 10.0. The molecule has 0 aliphatic rings. The van der Waals surface area contributed by atoms with Gasteiger partial charge in [-0.2, -0.15) is 5.10 Å². The maximum atomic E-state index is 12.6. The van der Waals surface area contributed by atoms with Gasteiger partial charge in [-0.3, -0.25) is 9.48 Å². The number of aromatic nitrogens is 2. The van der Waals surface area contributed by atoms with Gasteiger partial charge in [-0.05, 0) is 59.6 Å². The molecule has 3 aromatic rings. The Kier molecular flexibility index (Phi) is 8.86. The summed E-state index contributed by atoms with van der Waals surface area (Å²) < 4.78 is 2.07. The summed E-state index contributed by atoms with van der Waals surface area (Å²) in [5.41, 5.74) is 4.12. The molecular weight excluding hydrogens is 526 g/mol. The Bertz CT molecular complexity index is 1320. The van der Waals surface area contributed by atoms with Gasteiger partial charge in [0, 0.05) is 24.7 Å². The first-order chi connectivity index (χ1) is 17.1. The Labute approximate surface area is 217 Å². The van der Waals surface area contributed by atoms with Crippen LogP contribution in [0.4, 0.5) is 10.5 Å². The lowest BCUT2D eigenvalue weighted by Gasteiger charge is -2.14. The van der Waals surface area contributed by atoms with Gasteiger partial charge in [-0.1, -0.05) is 41.7 Å². The fourth-order valence-electron chi connectivity index (χ4n) is 3.20. The summed E-state index contributed by atoms with van der Waals surface area (Å²) in [4.78, 5) is 36.2. The molecule has 0 saturated carbocycles. The average Bonchev–Trinajstić information content (AvgIpc) is 3.11. The van der Waals surface area contributed by atoms with Crippen LogP contribution < -0.4 is 16.0 Å². The standard InChI is InChI=1S/C26H26BrN5O4/c1-16-6-12-20(13-7-16)29-26(36)28-14-4-5-18-8-10-19(11-9-18)15-21(25(34)35)30-24(33)23-22(27)17(2)32(3)31-23/h6-13,21H,14-15H2,1-3H3,(H,30,33)(H,34,35)(H2,28,29,36)/t21-/m1/s1. The Morgan fingerprint density at radius 3 is 2.33 bits per heavy atom. The molecule has 0 aliphatic carbocycles. The van der Waals surface area contributed by atoms with Crippen LogP contribution >= 0.6 is 15.9 Å². The number of hydrogen-bond donors (Lipinski definition) is 4. The van der Waals surface area contributed by atoms with E-state index in [1.807, 2.05) is 31.2 Å². The maximum Gasteiger partial charge on any atom is 0.326 e. The van der Waals surface area contributed by atoms with Gasteiger partial charge in [0.05, 0.1) is 16.7 Å². The number of amides is 3. The molecule has 2 aromatic carbocycles. The van der Waals surface area contributed by atoms with Crippen molar-refractivity contribution in [1.82, 2.24) is 20.4 Å². The Hall–Kier alpha value is -4.10. The monoisotopic (exact) mass is 551 g/mol. The molecule has 3 rings (SSSR count). The third-order valence-electron chi connectivity index (χ3n) is 5.35. The Morgan fingerprint density at radius 1 is 1.08 bits per heavy atom. The highest BCUT2D eigenvalue weighted by molar-refractivity contribution is 9.10. The van der Waals surface area contributed by atoms with Crippen molar-refractivity contribution in [3.05, 3.63) is 81.1 Å². The second-order valence-corrected chi connectivity index (χ2v) is 8.91. The third kappa shape index (κ3) is 7.20. The van der Waals surface area contributed by atoms with E-state index >= 15 is 0 Å². The topological polar surface area (TPSA) is 125 Å². The van der Waals surface area contributed by atoms with E-state index in [9.17, 15) is 19.5 Å². The number of rotatable bonds is 7. The minimum atomic E-state index is -1.15. The second-order valence-electron chi connectivity index (χ2n) is 8.11. The molecule has 1 atom stereocenters. The summed E-state index contributed by atoms with van der Waals surface area (Å²) in [7, 11) is 1.70. The number of nitrogens with one attached hydrogen (secondary N) is 3. The van der Waals surface area contributed by atoms with Crippen LogP contribution in [0.1, 0.15) is 32.9 Å². The molecule has 0 bridgehead atoms. The fraction of sp³-hybridized carbons (Fsp3) is 0.231. The minimum Gasteiger partial charge on any atom is -0.480 e. The van der Waals surface area contributed by atoms with E-state index in [1.54, 1.807) is 42.9 Å². The lowest BCUT2D eigenvalue weighted by molar-refractivity contribution is -0.139. The predicted octanol–water partition coefficient (Wildman–Crippen LogP) is 3.40. The minimum absolute atomic E-state index is 0.0962. The van der Waals surface area contributed by atoms with Gasteiger partial charge >= 0.3 is 12.0 Å². The number of nitrogens with zero attached hydrogens (tertiary/aromatic N) is 2.